The van der Waals surface area contributed by atoms with Gasteiger partial charge >= 0.3 is 0 Å². The van der Waals surface area contributed by atoms with Crippen LogP contribution in [0.25, 0.3) is 0 Å². The van der Waals surface area contributed by atoms with E-state index in [2.05, 4.69) is 5.32 Å². The van der Waals surface area contributed by atoms with Crippen molar-refractivity contribution in [2.75, 3.05) is 5.32 Å². The minimum Gasteiger partial charge on any atom is -0.324 e. The monoisotopic (exact) mass is 294 g/mol. The van der Waals surface area contributed by atoms with E-state index in [1.165, 1.54) is 6.92 Å². The lowest BCUT2D eigenvalue weighted by Gasteiger charge is -2.22. The maximum absolute atomic E-state index is 12.2. The average molecular weight is 295 g/mol. The summed E-state index contributed by atoms with van der Waals surface area (Å²) in [6, 6.07) is 4.35. The van der Waals surface area contributed by atoms with Gasteiger partial charge in [0.1, 0.15) is 6.04 Å². The molecule has 0 bridgehead atoms. The molecule has 1 fully saturated rings. The van der Waals surface area contributed by atoms with Crippen molar-refractivity contribution in [3.63, 3.8) is 0 Å². The normalized spacial score (nSPS) is 16.4. The summed E-state index contributed by atoms with van der Waals surface area (Å²) < 4.78 is 0. The minimum absolute atomic E-state index is 0.173. The number of halogens is 1. The molecule has 0 radical (unpaired) electrons. The van der Waals surface area contributed by atoms with Gasteiger partial charge in [-0.2, -0.15) is 0 Å². The van der Waals surface area contributed by atoms with E-state index in [4.69, 9.17) is 11.6 Å². The number of hydrogen-bond acceptors (Lipinski definition) is 3. The van der Waals surface area contributed by atoms with Crippen molar-refractivity contribution in [3.8, 4) is 0 Å². The molecule has 3 amide bonds. The first kappa shape index (κ1) is 14.5. The molecule has 5 nitrogen and oxygen atoms in total. The van der Waals surface area contributed by atoms with Crippen LogP contribution in [0, 0.1) is 6.92 Å². The SMILES string of the molecule is Cc1c(Cl)cccc1NC(=O)[C@H](C)N1C(=O)CCC1=O. The zero-order valence-corrected chi connectivity index (χ0v) is 12.0. The standard InChI is InChI=1S/C14H15ClN2O3/c1-8-10(15)4-3-5-11(8)16-14(20)9(2)17-12(18)6-7-13(17)19/h3-5,9H,6-7H2,1-2H3,(H,16,20)/t9-/m0/s1. The van der Waals surface area contributed by atoms with Crippen LogP contribution >= 0.6 is 11.6 Å². The van der Waals surface area contributed by atoms with Crippen LogP contribution in [0.1, 0.15) is 25.3 Å². The molecular formula is C14H15ClN2O3. The van der Waals surface area contributed by atoms with Gasteiger partial charge in [-0.05, 0) is 31.5 Å². The van der Waals surface area contributed by atoms with Crippen molar-refractivity contribution < 1.29 is 14.4 Å². The van der Waals surface area contributed by atoms with E-state index in [1.54, 1.807) is 25.1 Å². The van der Waals surface area contributed by atoms with Crippen LogP contribution in [0.5, 0.6) is 0 Å². The molecule has 0 saturated carbocycles. The Kier molecular flexibility index (Phi) is 4.09. The topological polar surface area (TPSA) is 66.5 Å². The van der Waals surface area contributed by atoms with Crippen LogP contribution in [0.2, 0.25) is 5.02 Å². The van der Waals surface area contributed by atoms with Gasteiger partial charge in [-0.1, -0.05) is 17.7 Å². The van der Waals surface area contributed by atoms with E-state index in [1.807, 2.05) is 0 Å². The van der Waals surface area contributed by atoms with Crippen molar-refractivity contribution in [1.82, 2.24) is 4.90 Å². The number of nitrogens with one attached hydrogen (secondary N) is 1. The number of carbonyl (C=O) groups is 3. The summed E-state index contributed by atoms with van der Waals surface area (Å²) in [5, 5.41) is 3.24. The van der Waals surface area contributed by atoms with Gasteiger partial charge < -0.3 is 5.32 Å². The van der Waals surface area contributed by atoms with Gasteiger partial charge in [0.15, 0.2) is 0 Å². The third-order valence-electron chi connectivity index (χ3n) is 3.38. The summed E-state index contributed by atoms with van der Waals surface area (Å²) in [5.41, 5.74) is 1.32. The molecule has 1 aromatic carbocycles. The maximum atomic E-state index is 12.2. The summed E-state index contributed by atoms with van der Waals surface area (Å²) >= 11 is 5.98. The molecule has 1 atom stereocenters. The van der Waals surface area contributed by atoms with E-state index in [0.717, 1.165) is 10.5 Å². The van der Waals surface area contributed by atoms with Gasteiger partial charge in [-0.25, -0.2) is 0 Å². The van der Waals surface area contributed by atoms with Gasteiger partial charge in [0.05, 0.1) is 0 Å². The van der Waals surface area contributed by atoms with E-state index in [9.17, 15) is 14.4 Å². The van der Waals surface area contributed by atoms with Gasteiger partial charge in [-0.15, -0.1) is 0 Å². The molecule has 1 N–H and O–H groups in total. The number of nitrogens with zero attached hydrogens (tertiary/aromatic N) is 1. The number of hydrogen-bond donors (Lipinski definition) is 1. The number of amides is 3. The van der Waals surface area contributed by atoms with E-state index in [0.29, 0.717) is 10.7 Å². The highest BCUT2D eigenvalue weighted by Crippen LogP contribution is 2.24. The van der Waals surface area contributed by atoms with Crippen molar-refractivity contribution in [3.05, 3.63) is 28.8 Å². The Morgan fingerprint density at radius 3 is 2.50 bits per heavy atom. The molecule has 0 spiro atoms. The molecule has 1 heterocycles. The molecule has 1 aliphatic rings. The lowest BCUT2D eigenvalue weighted by atomic mass is 10.2. The highest BCUT2D eigenvalue weighted by molar-refractivity contribution is 6.31. The average Bonchev–Trinajstić information content (AvgIpc) is 2.73. The maximum Gasteiger partial charge on any atom is 0.247 e. The molecule has 0 aromatic heterocycles. The summed E-state index contributed by atoms with van der Waals surface area (Å²) in [4.78, 5) is 36.4. The quantitative estimate of drug-likeness (QED) is 0.868. The Bertz CT molecular complexity index is 570. The fourth-order valence-electron chi connectivity index (χ4n) is 2.12. The third kappa shape index (κ3) is 2.67. The summed E-state index contributed by atoms with van der Waals surface area (Å²) in [6.07, 6.45) is 0.347. The third-order valence-corrected chi connectivity index (χ3v) is 3.79. The number of benzene rings is 1. The molecular weight excluding hydrogens is 280 g/mol. The van der Waals surface area contributed by atoms with Crippen LogP contribution < -0.4 is 5.32 Å². The van der Waals surface area contributed by atoms with Crippen LogP contribution in [0.15, 0.2) is 18.2 Å². The molecule has 1 saturated heterocycles. The second-order valence-electron chi connectivity index (χ2n) is 4.74. The molecule has 106 valence electrons. The van der Waals surface area contributed by atoms with Crippen LogP contribution in [-0.2, 0) is 14.4 Å². The van der Waals surface area contributed by atoms with Gasteiger partial charge in [-0.3, -0.25) is 19.3 Å². The van der Waals surface area contributed by atoms with Crippen molar-refractivity contribution in [2.45, 2.75) is 32.7 Å². The smallest absolute Gasteiger partial charge is 0.247 e. The largest absolute Gasteiger partial charge is 0.324 e. The number of carbonyl (C=O) groups excluding carboxylic acids is 3. The predicted molar refractivity (Wildman–Crippen MR) is 75.4 cm³/mol. The van der Waals surface area contributed by atoms with E-state index in [-0.39, 0.29) is 24.7 Å². The van der Waals surface area contributed by atoms with Gasteiger partial charge in [0, 0.05) is 23.6 Å². The van der Waals surface area contributed by atoms with Crippen LogP contribution in [-0.4, -0.2) is 28.7 Å². The molecule has 20 heavy (non-hydrogen) atoms. The summed E-state index contributed by atoms with van der Waals surface area (Å²) in [5.74, 6) is -1.01. The Morgan fingerprint density at radius 2 is 1.90 bits per heavy atom. The minimum atomic E-state index is -0.823. The Hall–Kier alpha value is -1.88. The molecule has 0 aliphatic carbocycles. The number of anilines is 1. The van der Waals surface area contributed by atoms with Crippen molar-refractivity contribution >= 4 is 35.0 Å². The predicted octanol–water partition coefficient (Wildman–Crippen LogP) is 2.12. The lowest BCUT2D eigenvalue weighted by molar-refractivity contribution is -0.144. The lowest BCUT2D eigenvalue weighted by Crippen LogP contribution is -2.45. The van der Waals surface area contributed by atoms with Crippen molar-refractivity contribution in [1.29, 1.82) is 0 Å². The van der Waals surface area contributed by atoms with Gasteiger partial charge in [0.25, 0.3) is 0 Å². The number of imide groups is 1. The highest BCUT2D eigenvalue weighted by Gasteiger charge is 2.36. The second-order valence-corrected chi connectivity index (χ2v) is 5.14. The van der Waals surface area contributed by atoms with Crippen LogP contribution in [0.4, 0.5) is 5.69 Å². The summed E-state index contributed by atoms with van der Waals surface area (Å²) in [6.45, 7) is 3.32. The molecule has 6 heteroatoms. The fourth-order valence-corrected chi connectivity index (χ4v) is 2.30. The van der Waals surface area contributed by atoms with E-state index < -0.39 is 11.9 Å². The second kappa shape index (κ2) is 5.63. The zero-order chi connectivity index (χ0) is 14.9. The molecule has 2 rings (SSSR count). The number of rotatable bonds is 3. The summed E-state index contributed by atoms with van der Waals surface area (Å²) in [7, 11) is 0. The van der Waals surface area contributed by atoms with E-state index >= 15 is 0 Å². The van der Waals surface area contributed by atoms with Gasteiger partial charge in [0.2, 0.25) is 17.7 Å². The molecule has 0 unspecified atom stereocenters. The fraction of sp³-hybridized carbons (Fsp3) is 0.357. The zero-order valence-electron chi connectivity index (χ0n) is 11.3. The Labute approximate surface area is 121 Å². The number of likely N-dealkylation sites (tertiary alicyclic amines) is 1. The first-order valence-electron chi connectivity index (χ1n) is 6.32. The van der Waals surface area contributed by atoms with Crippen LogP contribution in [0.3, 0.4) is 0 Å². The Balaban J connectivity index is 2.14. The Morgan fingerprint density at radius 1 is 1.30 bits per heavy atom. The molecule has 1 aliphatic heterocycles. The first-order valence-corrected chi connectivity index (χ1v) is 6.70. The van der Waals surface area contributed by atoms with Crippen molar-refractivity contribution in [2.24, 2.45) is 0 Å². The molecule has 1 aromatic rings. The highest BCUT2D eigenvalue weighted by atomic mass is 35.5. The first-order chi connectivity index (χ1) is 9.41.